The second kappa shape index (κ2) is 8.47. The van der Waals surface area contributed by atoms with Crippen molar-refractivity contribution in [3.05, 3.63) is 28.8 Å². The smallest absolute Gasteiger partial charge is 0.262 e. The SMILES string of the molecule is CCOc1cc2c(cc1/C=C(\C#N)C(=O)N[C@@H]1CCCC[C@H]1C)O[C@H](C)C2. The average Bonchev–Trinajstić information content (AvgIpc) is 3.00. The maximum absolute atomic E-state index is 12.7. The zero-order valence-electron chi connectivity index (χ0n) is 16.4. The summed E-state index contributed by atoms with van der Waals surface area (Å²) in [5, 5.41) is 12.6. The highest BCUT2D eigenvalue weighted by Crippen LogP contribution is 2.36. The Morgan fingerprint density at radius 2 is 2.15 bits per heavy atom. The molecule has 1 N–H and O–H groups in total. The van der Waals surface area contributed by atoms with Crippen molar-refractivity contribution in [3.63, 3.8) is 0 Å². The maximum Gasteiger partial charge on any atom is 0.262 e. The average molecular weight is 368 g/mol. The summed E-state index contributed by atoms with van der Waals surface area (Å²) in [7, 11) is 0. The van der Waals surface area contributed by atoms with Gasteiger partial charge < -0.3 is 14.8 Å². The van der Waals surface area contributed by atoms with Crippen molar-refractivity contribution in [2.24, 2.45) is 5.92 Å². The van der Waals surface area contributed by atoms with Crippen LogP contribution in [-0.4, -0.2) is 24.7 Å². The standard InChI is InChI=1S/C22H28N2O3/c1-4-26-20-11-16-9-15(3)27-21(16)12-17(20)10-18(13-23)22(25)24-19-8-6-5-7-14(19)2/h10-12,14-15,19H,4-9H2,1-3H3,(H,24,25)/b18-10+/t14-,15-,19-/m1/s1. The van der Waals surface area contributed by atoms with Gasteiger partial charge in [0.25, 0.3) is 5.91 Å². The number of amides is 1. The molecule has 5 nitrogen and oxygen atoms in total. The van der Waals surface area contributed by atoms with Crippen LogP contribution in [0.25, 0.3) is 6.08 Å². The van der Waals surface area contributed by atoms with Crippen LogP contribution >= 0.6 is 0 Å². The quantitative estimate of drug-likeness (QED) is 0.630. The van der Waals surface area contributed by atoms with Crippen LogP contribution in [0.3, 0.4) is 0 Å². The van der Waals surface area contributed by atoms with Gasteiger partial charge in [-0.3, -0.25) is 4.79 Å². The van der Waals surface area contributed by atoms with Gasteiger partial charge in [0.1, 0.15) is 29.2 Å². The molecule has 3 atom stereocenters. The lowest BCUT2D eigenvalue weighted by molar-refractivity contribution is -0.118. The van der Waals surface area contributed by atoms with Crippen molar-refractivity contribution >= 4 is 12.0 Å². The van der Waals surface area contributed by atoms with Crippen molar-refractivity contribution in [2.75, 3.05) is 6.61 Å². The molecule has 1 aliphatic heterocycles. The monoisotopic (exact) mass is 368 g/mol. The number of nitriles is 1. The fourth-order valence-electron chi connectivity index (χ4n) is 3.93. The first kappa shape index (κ1) is 19.3. The highest BCUT2D eigenvalue weighted by atomic mass is 16.5. The van der Waals surface area contributed by atoms with Gasteiger partial charge in [-0.05, 0) is 50.8 Å². The summed E-state index contributed by atoms with van der Waals surface area (Å²) in [6, 6.07) is 6.03. The molecule has 1 aromatic carbocycles. The number of nitrogens with one attached hydrogen (secondary N) is 1. The van der Waals surface area contributed by atoms with Crippen LogP contribution in [0, 0.1) is 17.2 Å². The number of nitrogens with zero attached hydrogens (tertiary/aromatic N) is 1. The van der Waals surface area contributed by atoms with Crippen LogP contribution in [0.5, 0.6) is 11.5 Å². The van der Waals surface area contributed by atoms with Crippen LogP contribution < -0.4 is 14.8 Å². The summed E-state index contributed by atoms with van der Waals surface area (Å²) in [5.74, 6) is 1.61. The van der Waals surface area contributed by atoms with Crippen LogP contribution in [0.1, 0.15) is 57.6 Å². The number of carbonyl (C=O) groups excluding carboxylic acids is 1. The Bertz CT molecular complexity index is 778. The van der Waals surface area contributed by atoms with E-state index in [1.54, 1.807) is 6.08 Å². The van der Waals surface area contributed by atoms with Gasteiger partial charge >= 0.3 is 0 Å². The van der Waals surface area contributed by atoms with Crippen molar-refractivity contribution in [2.45, 2.75) is 65.0 Å². The Labute approximate surface area is 161 Å². The van der Waals surface area contributed by atoms with Crippen LogP contribution in [0.15, 0.2) is 17.7 Å². The van der Waals surface area contributed by atoms with E-state index >= 15 is 0 Å². The fourth-order valence-corrected chi connectivity index (χ4v) is 3.93. The molecule has 0 bridgehead atoms. The van der Waals surface area contributed by atoms with E-state index in [9.17, 15) is 10.1 Å². The third kappa shape index (κ3) is 4.44. The van der Waals surface area contributed by atoms with Gasteiger partial charge in [0.15, 0.2) is 0 Å². The first-order valence-electron chi connectivity index (χ1n) is 9.90. The molecule has 0 saturated heterocycles. The number of benzene rings is 1. The Kier molecular flexibility index (Phi) is 6.05. The van der Waals surface area contributed by atoms with Gasteiger partial charge in [-0.1, -0.05) is 19.8 Å². The van der Waals surface area contributed by atoms with Gasteiger partial charge in [-0.2, -0.15) is 5.26 Å². The van der Waals surface area contributed by atoms with Crippen LogP contribution in [0.4, 0.5) is 0 Å². The number of carbonyl (C=O) groups is 1. The number of hydrogen-bond donors (Lipinski definition) is 1. The van der Waals surface area contributed by atoms with Crippen LogP contribution in [0.2, 0.25) is 0 Å². The summed E-state index contributed by atoms with van der Waals surface area (Å²) >= 11 is 0. The van der Waals surface area contributed by atoms with E-state index in [0.717, 1.165) is 37.0 Å². The van der Waals surface area contributed by atoms with E-state index in [-0.39, 0.29) is 23.6 Å². The number of rotatable bonds is 5. The zero-order valence-corrected chi connectivity index (χ0v) is 16.4. The number of fused-ring (bicyclic) bond motifs is 1. The lowest BCUT2D eigenvalue weighted by atomic mass is 9.86. The molecule has 5 heteroatoms. The molecule has 2 aliphatic rings. The van der Waals surface area contributed by atoms with E-state index in [0.29, 0.717) is 23.8 Å². The molecule has 0 aromatic heterocycles. The maximum atomic E-state index is 12.7. The second-order valence-electron chi connectivity index (χ2n) is 7.57. The topological polar surface area (TPSA) is 71.3 Å². The highest BCUT2D eigenvalue weighted by Gasteiger charge is 2.25. The van der Waals surface area contributed by atoms with Crippen molar-refractivity contribution < 1.29 is 14.3 Å². The Morgan fingerprint density at radius 1 is 1.37 bits per heavy atom. The predicted molar refractivity (Wildman–Crippen MR) is 105 cm³/mol. The molecular formula is C22H28N2O3. The van der Waals surface area contributed by atoms with E-state index in [2.05, 4.69) is 18.3 Å². The molecule has 0 radical (unpaired) electrons. The first-order valence-corrected chi connectivity index (χ1v) is 9.90. The normalized spacial score (nSPS) is 24.5. The molecular weight excluding hydrogens is 340 g/mol. The fraction of sp³-hybridized carbons (Fsp3) is 0.545. The lowest BCUT2D eigenvalue weighted by Crippen LogP contribution is -2.41. The highest BCUT2D eigenvalue weighted by molar-refractivity contribution is 6.02. The van der Waals surface area contributed by atoms with Gasteiger partial charge in [0.05, 0.1) is 6.61 Å². The molecule has 1 aromatic rings. The molecule has 1 saturated carbocycles. The van der Waals surface area contributed by atoms with E-state index < -0.39 is 0 Å². The molecule has 1 fully saturated rings. The van der Waals surface area contributed by atoms with Gasteiger partial charge in [0, 0.05) is 23.6 Å². The zero-order chi connectivity index (χ0) is 19.4. The summed E-state index contributed by atoms with van der Waals surface area (Å²) < 4.78 is 11.6. The molecule has 0 unspecified atom stereocenters. The van der Waals surface area contributed by atoms with E-state index in [4.69, 9.17) is 9.47 Å². The van der Waals surface area contributed by atoms with Crippen molar-refractivity contribution in [1.29, 1.82) is 5.26 Å². The van der Waals surface area contributed by atoms with Crippen LogP contribution in [-0.2, 0) is 11.2 Å². The Hall–Kier alpha value is -2.48. The van der Waals surface area contributed by atoms with Crippen molar-refractivity contribution in [1.82, 2.24) is 5.32 Å². The minimum atomic E-state index is -0.312. The van der Waals surface area contributed by atoms with Gasteiger partial charge in [0.2, 0.25) is 0 Å². The summed E-state index contributed by atoms with van der Waals surface area (Å²) in [4.78, 5) is 12.7. The molecule has 1 amide bonds. The molecule has 144 valence electrons. The number of hydrogen-bond acceptors (Lipinski definition) is 4. The summed E-state index contributed by atoms with van der Waals surface area (Å²) in [5.41, 5.74) is 1.90. The van der Waals surface area contributed by atoms with Gasteiger partial charge in [-0.25, -0.2) is 0 Å². The Morgan fingerprint density at radius 3 is 2.85 bits per heavy atom. The summed E-state index contributed by atoms with van der Waals surface area (Å²) in [6.45, 7) is 6.62. The van der Waals surface area contributed by atoms with E-state index in [1.165, 1.54) is 6.42 Å². The van der Waals surface area contributed by atoms with Crippen molar-refractivity contribution in [3.8, 4) is 17.6 Å². The summed E-state index contributed by atoms with van der Waals surface area (Å²) in [6.07, 6.45) is 6.99. The molecule has 1 heterocycles. The molecule has 27 heavy (non-hydrogen) atoms. The molecule has 3 rings (SSSR count). The van der Waals surface area contributed by atoms with E-state index in [1.807, 2.05) is 26.0 Å². The minimum absolute atomic E-state index is 0.0970. The molecule has 0 spiro atoms. The Balaban J connectivity index is 1.85. The minimum Gasteiger partial charge on any atom is -0.493 e. The first-order chi connectivity index (χ1) is 13.0. The molecule has 1 aliphatic carbocycles. The number of ether oxygens (including phenoxy) is 2. The lowest BCUT2D eigenvalue weighted by Gasteiger charge is -2.29. The third-order valence-corrected chi connectivity index (χ3v) is 5.42. The van der Waals surface area contributed by atoms with Gasteiger partial charge in [-0.15, -0.1) is 0 Å². The second-order valence-corrected chi connectivity index (χ2v) is 7.57. The largest absolute Gasteiger partial charge is 0.493 e. The predicted octanol–water partition coefficient (Wildman–Crippen LogP) is 4.01. The third-order valence-electron chi connectivity index (χ3n) is 5.42.